The summed E-state index contributed by atoms with van der Waals surface area (Å²) < 4.78 is 2.20. The molecule has 0 fully saturated rings. The lowest BCUT2D eigenvalue weighted by Crippen LogP contribution is -2.16. The Labute approximate surface area is 109 Å². The SMILES string of the molecule is CCNCc1nccn1Cc1ccc(CC)cc1. The Hall–Kier alpha value is -1.61. The number of aryl methyl sites for hydroxylation is 1. The molecule has 0 spiro atoms. The molecule has 1 heterocycles. The van der Waals surface area contributed by atoms with Crippen molar-refractivity contribution in [3.8, 4) is 0 Å². The molecule has 0 aliphatic carbocycles. The molecule has 96 valence electrons. The van der Waals surface area contributed by atoms with Crippen molar-refractivity contribution in [1.82, 2.24) is 14.9 Å². The van der Waals surface area contributed by atoms with Crippen LogP contribution in [0.5, 0.6) is 0 Å². The third-order valence-electron chi connectivity index (χ3n) is 3.12. The van der Waals surface area contributed by atoms with E-state index in [1.807, 2.05) is 12.4 Å². The van der Waals surface area contributed by atoms with Crippen LogP contribution in [0.25, 0.3) is 0 Å². The predicted octanol–water partition coefficient (Wildman–Crippen LogP) is 2.60. The lowest BCUT2D eigenvalue weighted by molar-refractivity contribution is 0.639. The maximum atomic E-state index is 4.38. The van der Waals surface area contributed by atoms with E-state index in [1.54, 1.807) is 0 Å². The van der Waals surface area contributed by atoms with E-state index in [9.17, 15) is 0 Å². The monoisotopic (exact) mass is 243 g/mol. The van der Waals surface area contributed by atoms with Gasteiger partial charge in [-0.05, 0) is 24.1 Å². The molecule has 0 bridgehead atoms. The molecule has 2 aromatic rings. The number of nitrogens with zero attached hydrogens (tertiary/aromatic N) is 2. The van der Waals surface area contributed by atoms with Gasteiger partial charge in [-0.2, -0.15) is 0 Å². The van der Waals surface area contributed by atoms with Crippen molar-refractivity contribution in [1.29, 1.82) is 0 Å². The number of benzene rings is 1. The first-order chi connectivity index (χ1) is 8.83. The van der Waals surface area contributed by atoms with Crippen molar-refractivity contribution in [3.63, 3.8) is 0 Å². The van der Waals surface area contributed by atoms with Crippen LogP contribution >= 0.6 is 0 Å². The number of nitrogens with one attached hydrogen (secondary N) is 1. The number of rotatable bonds is 6. The first-order valence-electron chi connectivity index (χ1n) is 6.62. The van der Waals surface area contributed by atoms with Crippen LogP contribution in [0.15, 0.2) is 36.7 Å². The highest BCUT2D eigenvalue weighted by Crippen LogP contribution is 2.08. The third-order valence-corrected chi connectivity index (χ3v) is 3.12. The van der Waals surface area contributed by atoms with E-state index >= 15 is 0 Å². The van der Waals surface area contributed by atoms with Crippen molar-refractivity contribution in [2.45, 2.75) is 33.4 Å². The summed E-state index contributed by atoms with van der Waals surface area (Å²) in [6.07, 6.45) is 5.00. The van der Waals surface area contributed by atoms with Gasteiger partial charge in [0, 0.05) is 18.9 Å². The van der Waals surface area contributed by atoms with Crippen LogP contribution in [0.1, 0.15) is 30.8 Å². The zero-order valence-electron chi connectivity index (χ0n) is 11.2. The minimum Gasteiger partial charge on any atom is -0.329 e. The molecule has 0 aliphatic heterocycles. The fraction of sp³-hybridized carbons (Fsp3) is 0.400. The Morgan fingerprint density at radius 2 is 1.83 bits per heavy atom. The molecule has 0 saturated heterocycles. The molecule has 1 aromatic heterocycles. The normalized spacial score (nSPS) is 10.8. The van der Waals surface area contributed by atoms with Crippen molar-refractivity contribution >= 4 is 0 Å². The summed E-state index contributed by atoms with van der Waals surface area (Å²) in [5.74, 6) is 1.09. The Morgan fingerprint density at radius 3 is 2.50 bits per heavy atom. The molecule has 0 unspecified atom stereocenters. The zero-order chi connectivity index (χ0) is 12.8. The number of aromatic nitrogens is 2. The summed E-state index contributed by atoms with van der Waals surface area (Å²) in [5.41, 5.74) is 2.71. The highest BCUT2D eigenvalue weighted by atomic mass is 15.1. The Bertz CT molecular complexity index is 471. The second-order valence-corrected chi connectivity index (χ2v) is 4.42. The molecule has 0 atom stereocenters. The first-order valence-corrected chi connectivity index (χ1v) is 6.62. The molecule has 3 heteroatoms. The molecule has 0 amide bonds. The van der Waals surface area contributed by atoms with Gasteiger partial charge < -0.3 is 9.88 Å². The summed E-state index contributed by atoms with van der Waals surface area (Å²) in [6.45, 7) is 6.98. The van der Waals surface area contributed by atoms with Gasteiger partial charge >= 0.3 is 0 Å². The van der Waals surface area contributed by atoms with Crippen molar-refractivity contribution in [2.75, 3.05) is 6.54 Å². The average molecular weight is 243 g/mol. The largest absolute Gasteiger partial charge is 0.329 e. The standard InChI is InChI=1S/C15H21N3/c1-3-13-5-7-14(8-6-13)12-18-10-9-17-15(18)11-16-4-2/h5-10,16H,3-4,11-12H2,1-2H3. The molecule has 1 aromatic carbocycles. The quantitative estimate of drug-likeness (QED) is 0.845. The first kappa shape index (κ1) is 12.8. The van der Waals surface area contributed by atoms with Crippen LogP contribution in [0.3, 0.4) is 0 Å². The Balaban J connectivity index is 2.05. The van der Waals surface area contributed by atoms with Gasteiger partial charge in [-0.25, -0.2) is 4.98 Å². The molecule has 0 saturated carbocycles. The highest BCUT2D eigenvalue weighted by molar-refractivity contribution is 5.23. The van der Waals surface area contributed by atoms with Crippen LogP contribution in [-0.4, -0.2) is 16.1 Å². The fourth-order valence-electron chi connectivity index (χ4n) is 1.97. The summed E-state index contributed by atoms with van der Waals surface area (Å²) in [4.78, 5) is 4.38. The van der Waals surface area contributed by atoms with Gasteiger partial charge in [0.05, 0.1) is 6.54 Å². The summed E-state index contributed by atoms with van der Waals surface area (Å²) in [7, 11) is 0. The van der Waals surface area contributed by atoms with Crippen LogP contribution in [0.4, 0.5) is 0 Å². The van der Waals surface area contributed by atoms with Crippen LogP contribution in [0, 0.1) is 0 Å². The fourth-order valence-corrected chi connectivity index (χ4v) is 1.97. The molecular formula is C15H21N3. The van der Waals surface area contributed by atoms with E-state index in [1.165, 1.54) is 11.1 Å². The molecule has 3 nitrogen and oxygen atoms in total. The van der Waals surface area contributed by atoms with Gasteiger partial charge in [-0.1, -0.05) is 38.1 Å². The van der Waals surface area contributed by atoms with Gasteiger partial charge in [0.1, 0.15) is 5.82 Å². The smallest absolute Gasteiger partial charge is 0.122 e. The van der Waals surface area contributed by atoms with Gasteiger partial charge in [0.2, 0.25) is 0 Å². The molecule has 18 heavy (non-hydrogen) atoms. The van der Waals surface area contributed by atoms with Crippen LogP contribution in [0.2, 0.25) is 0 Å². The van der Waals surface area contributed by atoms with Crippen molar-refractivity contribution in [3.05, 3.63) is 53.6 Å². The van der Waals surface area contributed by atoms with Crippen LogP contribution < -0.4 is 5.32 Å². The van der Waals surface area contributed by atoms with Crippen LogP contribution in [-0.2, 0) is 19.5 Å². The topological polar surface area (TPSA) is 29.9 Å². The Kier molecular flexibility index (Phi) is 4.53. The lowest BCUT2D eigenvalue weighted by Gasteiger charge is -2.08. The van der Waals surface area contributed by atoms with E-state index < -0.39 is 0 Å². The summed E-state index contributed by atoms with van der Waals surface area (Å²) >= 11 is 0. The summed E-state index contributed by atoms with van der Waals surface area (Å²) in [5, 5.41) is 3.31. The predicted molar refractivity (Wildman–Crippen MR) is 74.5 cm³/mol. The van der Waals surface area contributed by atoms with Gasteiger partial charge in [-0.3, -0.25) is 0 Å². The van der Waals surface area contributed by atoms with E-state index in [4.69, 9.17) is 0 Å². The average Bonchev–Trinajstić information content (AvgIpc) is 2.84. The molecule has 0 radical (unpaired) electrons. The Morgan fingerprint density at radius 1 is 1.11 bits per heavy atom. The van der Waals surface area contributed by atoms with Crippen molar-refractivity contribution < 1.29 is 0 Å². The molecule has 1 N–H and O–H groups in total. The minimum absolute atomic E-state index is 0.830. The molecule has 2 rings (SSSR count). The molecular weight excluding hydrogens is 222 g/mol. The zero-order valence-corrected chi connectivity index (χ0v) is 11.2. The minimum atomic E-state index is 0.830. The highest BCUT2D eigenvalue weighted by Gasteiger charge is 2.02. The second-order valence-electron chi connectivity index (χ2n) is 4.42. The third kappa shape index (κ3) is 3.20. The lowest BCUT2D eigenvalue weighted by atomic mass is 10.1. The summed E-state index contributed by atoms with van der Waals surface area (Å²) in [6, 6.07) is 8.82. The maximum absolute atomic E-state index is 4.38. The number of hydrogen-bond donors (Lipinski definition) is 1. The van der Waals surface area contributed by atoms with Crippen molar-refractivity contribution in [2.24, 2.45) is 0 Å². The van der Waals surface area contributed by atoms with E-state index in [0.717, 1.165) is 31.9 Å². The number of imidazole rings is 1. The van der Waals surface area contributed by atoms with E-state index in [2.05, 4.69) is 53.0 Å². The van der Waals surface area contributed by atoms with Gasteiger partial charge in [0.15, 0.2) is 0 Å². The number of hydrogen-bond acceptors (Lipinski definition) is 2. The van der Waals surface area contributed by atoms with E-state index in [0.29, 0.717) is 0 Å². The van der Waals surface area contributed by atoms with E-state index in [-0.39, 0.29) is 0 Å². The molecule has 0 aliphatic rings. The van der Waals surface area contributed by atoms with Gasteiger partial charge in [0.25, 0.3) is 0 Å². The van der Waals surface area contributed by atoms with Gasteiger partial charge in [-0.15, -0.1) is 0 Å². The second kappa shape index (κ2) is 6.36. The maximum Gasteiger partial charge on any atom is 0.122 e.